The van der Waals surface area contributed by atoms with Crippen LogP contribution >= 0.6 is 0 Å². The topological polar surface area (TPSA) is 9.23 Å². The maximum absolute atomic E-state index is 6.02. The molecule has 3 rings (SSSR count). The number of hydrogen-bond donors (Lipinski definition) is 0. The van der Waals surface area contributed by atoms with E-state index in [9.17, 15) is 0 Å². The fraction of sp³-hybridized carbons (Fsp3) is 0.200. The molecule has 91 valence electrons. The number of ether oxygens (including phenoxy) is 1. The molecule has 0 saturated carbocycles. The monoisotopic (exact) mass is 317 g/mol. The fourth-order valence-corrected chi connectivity index (χ4v) is 2.23. The average molecular weight is 318 g/mol. The summed E-state index contributed by atoms with van der Waals surface area (Å²) in [5.41, 5.74) is 2.60. The number of rotatable bonds is 1. The molecule has 0 aromatic heterocycles. The second-order valence-electron chi connectivity index (χ2n) is 4.16. The third kappa shape index (κ3) is 2.63. The summed E-state index contributed by atoms with van der Waals surface area (Å²) in [4.78, 5) is 0. The van der Waals surface area contributed by atoms with E-state index in [4.69, 9.17) is 4.74 Å². The Labute approximate surface area is 117 Å². The fourth-order valence-electron chi connectivity index (χ4n) is 2.23. The molecule has 1 aliphatic heterocycles. The van der Waals surface area contributed by atoms with Crippen molar-refractivity contribution in [2.75, 3.05) is 0 Å². The van der Waals surface area contributed by atoms with Crippen LogP contribution in [0.25, 0.3) is 0 Å². The van der Waals surface area contributed by atoms with Crippen molar-refractivity contribution in [1.82, 2.24) is 0 Å². The van der Waals surface area contributed by atoms with Crippen LogP contribution in [-0.2, 0) is 28.8 Å². The third-order valence-corrected chi connectivity index (χ3v) is 3.09. The first-order chi connectivity index (χ1) is 7.93. The molecule has 0 amide bonds. The predicted octanol–water partition coefficient (Wildman–Crippen LogP) is 3.75. The molecule has 0 aliphatic carbocycles. The predicted molar refractivity (Wildman–Crippen MR) is 64.6 cm³/mol. The molecular weight excluding hydrogens is 304 g/mol. The Balaban J connectivity index is 0.00000108. The van der Waals surface area contributed by atoms with Crippen molar-refractivity contribution in [3.8, 4) is 5.75 Å². The normalized spacial score (nSPS) is 17.5. The van der Waals surface area contributed by atoms with Gasteiger partial charge in [0.05, 0.1) is 0 Å². The van der Waals surface area contributed by atoms with Gasteiger partial charge in [0, 0.05) is 22.4 Å². The summed E-state index contributed by atoms with van der Waals surface area (Å²) in [6.07, 6.45) is 2.40. The quantitative estimate of drug-likeness (QED) is 0.728. The van der Waals surface area contributed by atoms with E-state index in [0.717, 1.165) is 18.6 Å². The standard InChI is InChI=1S/C15H14O.Ag/c1-2-6-12(7-3-1)15-11-10-13-8-4-5-9-14(13)16-15;/h1-9,15H,10-11H2;. The summed E-state index contributed by atoms with van der Waals surface area (Å²) >= 11 is 0. The van der Waals surface area contributed by atoms with Gasteiger partial charge in [-0.1, -0.05) is 48.5 Å². The van der Waals surface area contributed by atoms with Crippen LogP contribution in [0.15, 0.2) is 54.6 Å². The van der Waals surface area contributed by atoms with Crippen molar-refractivity contribution in [3.05, 3.63) is 65.7 Å². The minimum atomic E-state index is 0. The van der Waals surface area contributed by atoms with Crippen molar-refractivity contribution in [3.63, 3.8) is 0 Å². The van der Waals surface area contributed by atoms with Gasteiger partial charge < -0.3 is 4.74 Å². The largest absolute Gasteiger partial charge is 0.485 e. The van der Waals surface area contributed by atoms with E-state index in [0.29, 0.717) is 0 Å². The number of hydrogen-bond acceptors (Lipinski definition) is 1. The van der Waals surface area contributed by atoms with E-state index in [1.807, 2.05) is 12.1 Å². The Morgan fingerprint density at radius 1 is 0.882 bits per heavy atom. The molecular formula is C15H14AgO. The molecule has 0 spiro atoms. The van der Waals surface area contributed by atoms with Crippen molar-refractivity contribution >= 4 is 0 Å². The van der Waals surface area contributed by atoms with E-state index in [1.165, 1.54) is 11.1 Å². The molecule has 1 nitrogen and oxygen atoms in total. The van der Waals surface area contributed by atoms with E-state index in [-0.39, 0.29) is 28.5 Å². The molecule has 0 bridgehead atoms. The van der Waals surface area contributed by atoms with Crippen molar-refractivity contribution in [1.29, 1.82) is 0 Å². The summed E-state index contributed by atoms with van der Waals surface area (Å²) in [5, 5.41) is 0. The Bertz CT molecular complexity index is 481. The zero-order valence-corrected chi connectivity index (χ0v) is 10.9. The third-order valence-electron chi connectivity index (χ3n) is 3.09. The van der Waals surface area contributed by atoms with Gasteiger partial charge in [-0.3, -0.25) is 0 Å². The van der Waals surface area contributed by atoms with Crippen molar-refractivity contribution in [2.45, 2.75) is 18.9 Å². The molecule has 2 heteroatoms. The molecule has 1 radical (unpaired) electrons. The van der Waals surface area contributed by atoms with Gasteiger partial charge in [-0.05, 0) is 30.0 Å². The van der Waals surface area contributed by atoms with Gasteiger partial charge in [0.1, 0.15) is 11.9 Å². The number of fused-ring (bicyclic) bond motifs is 1. The number of aryl methyl sites for hydroxylation is 1. The van der Waals surface area contributed by atoms with E-state index < -0.39 is 0 Å². The summed E-state index contributed by atoms with van der Waals surface area (Å²) in [6, 6.07) is 18.8. The molecule has 1 unspecified atom stereocenters. The number of para-hydroxylation sites is 1. The van der Waals surface area contributed by atoms with Gasteiger partial charge in [-0.2, -0.15) is 0 Å². The SMILES string of the molecule is [Ag].c1ccc(C2CCc3ccccc3O2)cc1. The molecule has 1 heterocycles. The van der Waals surface area contributed by atoms with Crippen LogP contribution in [0.4, 0.5) is 0 Å². The summed E-state index contributed by atoms with van der Waals surface area (Å²) < 4.78 is 6.02. The zero-order valence-electron chi connectivity index (χ0n) is 9.40. The number of benzene rings is 2. The van der Waals surface area contributed by atoms with Gasteiger partial charge in [0.2, 0.25) is 0 Å². The molecule has 17 heavy (non-hydrogen) atoms. The first-order valence-corrected chi connectivity index (χ1v) is 5.73. The average Bonchev–Trinajstić information content (AvgIpc) is 2.39. The molecule has 2 aromatic carbocycles. The van der Waals surface area contributed by atoms with Gasteiger partial charge >= 0.3 is 0 Å². The van der Waals surface area contributed by atoms with Crippen LogP contribution in [0.2, 0.25) is 0 Å². The van der Waals surface area contributed by atoms with Gasteiger partial charge in [0.15, 0.2) is 0 Å². The van der Waals surface area contributed by atoms with Crippen LogP contribution in [0.3, 0.4) is 0 Å². The summed E-state index contributed by atoms with van der Waals surface area (Å²) in [5.74, 6) is 1.04. The molecule has 2 aromatic rings. The molecule has 1 atom stereocenters. The Morgan fingerprint density at radius 2 is 1.59 bits per heavy atom. The smallest absolute Gasteiger partial charge is 0.124 e. The van der Waals surface area contributed by atoms with Crippen LogP contribution < -0.4 is 4.74 Å². The van der Waals surface area contributed by atoms with Gasteiger partial charge in [-0.25, -0.2) is 0 Å². The Kier molecular flexibility index (Phi) is 4.06. The minimum Gasteiger partial charge on any atom is -0.485 e. The minimum absolute atomic E-state index is 0. The molecule has 0 saturated heterocycles. The van der Waals surface area contributed by atoms with Gasteiger partial charge in [-0.15, -0.1) is 0 Å². The second kappa shape index (κ2) is 5.54. The first-order valence-electron chi connectivity index (χ1n) is 5.73. The summed E-state index contributed by atoms with van der Waals surface area (Å²) in [6.45, 7) is 0. The first kappa shape index (κ1) is 12.4. The molecule has 0 N–H and O–H groups in total. The molecule has 1 aliphatic rings. The summed E-state index contributed by atoms with van der Waals surface area (Å²) in [7, 11) is 0. The van der Waals surface area contributed by atoms with E-state index in [2.05, 4.69) is 42.5 Å². The Hall–Kier alpha value is -1.02. The van der Waals surface area contributed by atoms with E-state index >= 15 is 0 Å². The van der Waals surface area contributed by atoms with Crippen LogP contribution in [0.5, 0.6) is 5.75 Å². The van der Waals surface area contributed by atoms with E-state index in [1.54, 1.807) is 0 Å². The van der Waals surface area contributed by atoms with Gasteiger partial charge in [0.25, 0.3) is 0 Å². The maximum atomic E-state index is 6.02. The maximum Gasteiger partial charge on any atom is 0.124 e. The van der Waals surface area contributed by atoms with Crippen molar-refractivity contribution < 1.29 is 27.1 Å². The second-order valence-corrected chi connectivity index (χ2v) is 4.16. The van der Waals surface area contributed by atoms with Crippen molar-refractivity contribution in [2.24, 2.45) is 0 Å². The zero-order chi connectivity index (χ0) is 10.8. The van der Waals surface area contributed by atoms with Crippen LogP contribution in [-0.4, -0.2) is 0 Å². The molecule has 0 fully saturated rings. The van der Waals surface area contributed by atoms with Crippen LogP contribution in [0, 0.1) is 0 Å². The Morgan fingerprint density at radius 3 is 2.41 bits per heavy atom. The van der Waals surface area contributed by atoms with Crippen LogP contribution in [0.1, 0.15) is 23.7 Å².